The van der Waals surface area contributed by atoms with Crippen LogP contribution < -0.4 is 10.1 Å². The number of carbonyl (C=O) groups is 1. The minimum absolute atomic E-state index is 0.131. The molecule has 0 fully saturated rings. The molecule has 106 valence electrons. The number of benzene rings is 1. The van der Waals surface area contributed by atoms with Crippen LogP contribution in [-0.4, -0.2) is 29.2 Å². The Morgan fingerprint density at radius 1 is 1.35 bits per heavy atom. The van der Waals surface area contributed by atoms with E-state index in [1.54, 1.807) is 31.2 Å². The summed E-state index contributed by atoms with van der Waals surface area (Å²) in [5.74, 6) is 1.74. The number of nitrogens with one attached hydrogen (secondary N) is 1. The van der Waals surface area contributed by atoms with E-state index in [1.807, 2.05) is 6.92 Å². The monoisotopic (exact) mass is 275 g/mol. The van der Waals surface area contributed by atoms with Crippen LogP contribution in [0.2, 0.25) is 0 Å². The fourth-order valence-corrected chi connectivity index (χ4v) is 1.70. The van der Waals surface area contributed by atoms with Gasteiger partial charge >= 0.3 is 0 Å². The maximum atomic E-state index is 11.9. The Morgan fingerprint density at radius 3 is 2.70 bits per heavy atom. The Labute approximate surface area is 117 Å². The molecule has 0 unspecified atom stereocenters. The van der Waals surface area contributed by atoms with E-state index in [4.69, 9.17) is 9.26 Å². The van der Waals surface area contributed by atoms with Gasteiger partial charge in [0.2, 0.25) is 5.89 Å². The summed E-state index contributed by atoms with van der Waals surface area (Å²) >= 11 is 0. The number of carbonyl (C=O) groups excluding carboxylic acids is 1. The summed E-state index contributed by atoms with van der Waals surface area (Å²) in [5.41, 5.74) is 0.595. The van der Waals surface area contributed by atoms with Crippen LogP contribution in [0.4, 0.5) is 0 Å². The van der Waals surface area contributed by atoms with Gasteiger partial charge in [-0.25, -0.2) is 0 Å². The summed E-state index contributed by atoms with van der Waals surface area (Å²) in [7, 11) is 0. The van der Waals surface area contributed by atoms with Crippen LogP contribution in [0.25, 0.3) is 0 Å². The van der Waals surface area contributed by atoms with Crippen LogP contribution in [0.1, 0.15) is 29.0 Å². The molecule has 0 saturated heterocycles. The third-order valence-corrected chi connectivity index (χ3v) is 2.63. The van der Waals surface area contributed by atoms with Gasteiger partial charge in [0, 0.05) is 25.5 Å². The molecule has 1 heterocycles. The van der Waals surface area contributed by atoms with Crippen molar-refractivity contribution in [3.8, 4) is 5.75 Å². The number of hydrogen-bond donors (Lipinski definition) is 1. The van der Waals surface area contributed by atoms with E-state index in [1.165, 1.54) is 0 Å². The third-order valence-electron chi connectivity index (χ3n) is 2.63. The van der Waals surface area contributed by atoms with Crippen molar-refractivity contribution in [2.24, 2.45) is 0 Å². The Balaban J connectivity index is 1.82. The molecule has 6 nitrogen and oxygen atoms in total. The number of aryl methyl sites for hydroxylation is 1. The van der Waals surface area contributed by atoms with Gasteiger partial charge in [0.25, 0.3) is 5.91 Å². The summed E-state index contributed by atoms with van der Waals surface area (Å²) in [6.07, 6.45) is 0.542. The quantitative estimate of drug-likeness (QED) is 0.869. The molecular formula is C14H17N3O3. The summed E-state index contributed by atoms with van der Waals surface area (Å²) in [4.78, 5) is 16.0. The molecule has 6 heteroatoms. The molecular weight excluding hydrogens is 258 g/mol. The van der Waals surface area contributed by atoms with E-state index >= 15 is 0 Å². The molecule has 0 spiro atoms. The lowest BCUT2D eigenvalue weighted by Gasteiger charge is -2.05. The molecule has 20 heavy (non-hydrogen) atoms. The summed E-state index contributed by atoms with van der Waals surface area (Å²) < 4.78 is 10.2. The SMILES string of the molecule is CCOc1ccc(C(=O)NCCc2noc(C)n2)cc1. The first-order valence-electron chi connectivity index (χ1n) is 6.49. The second-order valence-electron chi connectivity index (χ2n) is 4.19. The van der Waals surface area contributed by atoms with E-state index < -0.39 is 0 Å². The minimum atomic E-state index is -0.131. The first kappa shape index (κ1) is 14.0. The molecule has 0 aliphatic heterocycles. The van der Waals surface area contributed by atoms with Gasteiger partial charge in [-0.1, -0.05) is 5.16 Å². The third kappa shape index (κ3) is 3.81. The molecule has 1 aromatic carbocycles. The second kappa shape index (κ2) is 6.70. The molecule has 2 aromatic rings. The van der Waals surface area contributed by atoms with Crippen molar-refractivity contribution in [2.45, 2.75) is 20.3 Å². The van der Waals surface area contributed by atoms with Crippen LogP contribution in [0, 0.1) is 6.92 Å². The predicted molar refractivity (Wildman–Crippen MR) is 72.7 cm³/mol. The van der Waals surface area contributed by atoms with E-state index in [0.29, 0.717) is 36.9 Å². The number of nitrogens with zero attached hydrogens (tertiary/aromatic N) is 2. The number of rotatable bonds is 6. The zero-order chi connectivity index (χ0) is 14.4. The van der Waals surface area contributed by atoms with Gasteiger partial charge in [-0.05, 0) is 31.2 Å². The maximum Gasteiger partial charge on any atom is 0.251 e. The van der Waals surface area contributed by atoms with Gasteiger partial charge in [-0.3, -0.25) is 4.79 Å². The molecule has 2 rings (SSSR count). The first-order chi connectivity index (χ1) is 9.69. The average molecular weight is 275 g/mol. The van der Waals surface area contributed by atoms with Gasteiger partial charge in [0.05, 0.1) is 6.61 Å². The summed E-state index contributed by atoms with van der Waals surface area (Å²) in [6.45, 7) is 4.72. The highest BCUT2D eigenvalue weighted by atomic mass is 16.5. The van der Waals surface area contributed by atoms with E-state index in [0.717, 1.165) is 5.75 Å². The first-order valence-corrected chi connectivity index (χ1v) is 6.49. The lowest BCUT2D eigenvalue weighted by molar-refractivity contribution is 0.0954. The Kier molecular flexibility index (Phi) is 4.70. The van der Waals surface area contributed by atoms with Crippen molar-refractivity contribution in [2.75, 3.05) is 13.2 Å². The minimum Gasteiger partial charge on any atom is -0.494 e. The number of hydrogen-bond acceptors (Lipinski definition) is 5. The molecule has 0 atom stereocenters. The molecule has 1 aromatic heterocycles. The van der Waals surface area contributed by atoms with Crippen molar-refractivity contribution in [1.82, 2.24) is 15.5 Å². The van der Waals surface area contributed by atoms with Gasteiger partial charge in [0.15, 0.2) is 5.82 Å². The second-order valence-corrected chi connectivity index (χ2v) is 4.19. The highest BCUT2D eigenvalue weighted by Gasteiger charge is 2.07. The Morgan fingerprint density at radius 2 is 2.10 bits per heavy atom. The average Bonchev–Trinajstić information content (AvgIpc) is 2.85. The number of ether oxygens (including phenoxy) is 1. The van der Waals surface area contributed by atoms with Gasteiger partial charge in [0.1, 0.15) is 5.75 Å². The lowest BCUT2D eigenvalue weighted by atomic mass is 10.2. The largest absolute Gasteiger partial charge is 0.494 e. The normalized spacial score (nSPS) is 10.3. The van der Waals surface area contributed by atoms with Gasteiger partial charge in [-0.15, -0.1) is 0 Å². The molecule has 1 amide bonds. The lowest BCUT2D eigenvalue weighted by Crippen LogP contribution is -2.25. The Bertz CT molecular complexity index is 563. The highest BCUT2D eigenvalue weighted by molar-refractivity contribution is 5.94. The number of aromatic nitrogens is 2. The smallest absolute Gasteiger partial charge is 0.251 e. The fourth-order valence-electron chi connectivity index (χ4n) is 1.70. The van der Waals surface area contributed by atoms with Gasteiger partial charge < -0.3 is 14.6 Å². The topological polar surface area (TPSA) is 77.2 Å². The van der Waals surface area contributed by atoms with Crippen molar-refractivity contribution >= 4 is 5.91 Å². The van der Waals surface area contributed by atoms with Crippen molar-refractivity contribution in [3.63, 3.8) is 0 Å². The van der Waals surface area contributed by atoms with Crippen LogP contribution in [-0.2, 0) is 6.42 Å². The summed E-state index contributed by atoms with van der Waals surface area (Å²) in [5, 5.41) is 6.57. The zero-order valence-electron chi connectivity index (χ0n) is 11.5. The molecule has 0 saturated carbocycles. The maximum absolute atomic E-state index is 11.9. The van der Waals surface area contributed by atoms with Crippen LogP contribution >= 0.6 is 0 Å². The van der Waals surface area contributed by atoms with E-state index in [2.05, 4.69) is 15.5 Å². The molecule has 0 aliphatic carbocycles. The van der Waals surface area contributed by atoms with Crippen LogP contribution in [0.5, 0.6) is 5.75 Å². The van der Waals surface area contributed by atoms with Gasteiger partial charge in [-0.2, -0.15) is 4.98 Å². The standard InChI is InChI=1S/C14H17N3O3/c1-3-19-12-6-4-11(5-7-12)14(18)15-9-8-13-16-10(2)20-17-13/h4-7H,3,8-9H2,1-2H3,(H,15,18). The molecule has 1 N–H and O–H groups in total. The number of amides is 1. The molecule has 0 bridgehead atoms. The van der Waals surface area contributed by atoms with E-state index in [9.17, 15) is 4.79 Å². The molecule has 0 radical (unpaired) electrons. The highest BCUT2D eigenvalue weighted by Crippen LogP contribution is 2.11. The van der Waals surface area contributed by atoms with Crippen LogP contribution in [0.15, 0.2) is 28.8 Å². The zero-order valence-corrected chi connectivity index (χ0v) is 11.5. The van der Waals surface area contributed by atoms with Crippen molar-refractivity contribution in [1.29, 1.82) is 0 Å². The Hall–Kier alpha value is -2.37. The van der Waals surface area contributed by atoms with Crippen molar-refractivity contribution < 1.29 is 14.1 Å². The van der Waals surface area contributed by atoms with E-state index in [-0.39, 0.29) is 5.91 Å². The predicted octanol–water partition coefficient (Wildman–Crippen LogP) is 1.75. The fraction of sp³-hybridized carbons (Fsp3) is 0.357. The molecule has 0 aliphatic rings. The van der Waals surface area contributed by atoms with Crippen LogP contribution in [0.3, 0.4) is 0 Å². The van der Waals surface area contributed by atoms with Crippen molar-refractivity contribution in [3.05, 3.63) is 41.5 Å². The summed E-state index contributed by atoms with van der Waals surface area (Å²) in [6, 6.07) is 7.03.